The molecule has 0 heterocycles. The summed E-state index contributed by atoms with van der Waals surface area (Å²) in [6.07, 6.45) is 0. The van der Waals surface area contributed by atoms with Crippen molar-refractivity contribution in [1.29, 1.82) is 0 Å². The fourth-order valence-electron chi connectivity index (χ4n) is 0. The maximum absolute atomic E-state index is 9.00. The molecule has 0 aromatic rings. The third kappa shape index (κ3) is 44600. The monoisotopic (exact) mass is 360 g/mol. The van der Waals surface area contributed by atoms with Crippen LogP contribution in [0.1, 0.15) is 34.6 Å². The second kappa shape index (κ2) is 37.1. The number of rotatable bonds is 0. The summed E-state index contributed by atoms with van der Waals surface area (Å²) < 4.78 is 0. The predicted octanol–water partition coefficient (Wildman–Crippen LogP) is -6.93. The first-order valence-electron chi connectivity index (χ1n) is 4.58. The molecule has 0 saturated carbocycles. The third-order valence-corrected chi connectivity index (χ3v) is 0. The molecule has 0 atom stereocenters. The number of hydrogen-bond acceptors (Lipinski definition) is 8. The first-order valence-corrected chi connectivity index (χ1v) is 4.58. The Morgan fingerprint density at radius 1 is 0.591 bits per heavy atom. The van der Waals surface area contributed by atoms with Crippen LogP contribution >= 0.6 is 0 Å². The second-order valence-corrected chi connectivity index (χ2v) is 2.51. The summed E-state index contributed by atoms with van der Waals surface area (Å²) in [5, 5.41) is 41.5. The van der Waals surface area contributed by atoms with Crippen LogP contribution in [0.25, 0.3) is 0 Å². The van der Waals surface area contributed by atoms with Gasteiger partial charge in [-0.3, -0.25) is 9.59 Å². The Labute approximate surface area is 179 Å². The van der Waals surface area contributed by atoms with Crippen molar-refractivity contribution in [2.45, 2.75) is 34.6 Å². The molecule has 0 unspecified atom stereocenters. The molecule has 0 amide bonds. The topological polar surface area (TPSA) is 195 Å². The van der Waals surface area contributed by atoms with Crippen LogP contribution in [0.15, 0.2) is 0 Å². The van der Waals surface area contributed by atoms with Gasteiger partial charge >= 0.3 is 67.3 Å². The molecule has 0 radical (unpaired) electrons. The Bertz CT molecular complexity index is 216. The van der Waals surface area contributed by atoms with Crippen LogP contribution in [0.5, 0.6) is 0 Å². The van der Waals surface area contributed by atoms with Crippen molar-refractivity contribution < 1.29 is 79.1 Å². The van der Waals surface area contributed by atoms with Crippen molar-refractivity contribution in [2.75, 3.05) is 0 Å². The molecule has 0 saturated heterocycles. The van der Waals surface area contributed by atoms with Gasteiger partial charge in [-0.1, -0.05) is 0 Å². The molecule has 2 N–H and O–H groups in total. The van der Waals surface area contributed by atoms with Crippen molar-refractivity contribution in [1.82, 2.24) is 0 Å². The summed E-state index contributed by atoms with van der Waals surface area (Å²) in [6.45, 7) is 5.08. The zero-order valence-electron chi connectivity index (χ0n) is 13.4. The molecule has 0 aromatic heterocycles. The molecule has 12 heteroatoms. The van der Waals surface area contributed by atoms with Gasteiger partial charge in [-0.25, -0.2) is 0 Å². The predicted molar refractivity (Wildman–Crippen MR) is 64.4 cm³/mol. The molecule has 0 fully saturated rings. The van der Waals surface area contributed by atoms with Gasteiger partial charge in [0.05, 0.1) is 0 Å². The van der Waals surface area contributed by atoms with Crippen molar-refractivity contribution in [3.05, 3.63) is 0 Å². The minimum Gasteiger partial charge on any atom is -0.550 e. The molecule has 0 aliphatic carbocycles. The van der Waals surface area contributed by atoms with Gasteiger partial charge in [0, 0.05) is 31.8 Å². The third-order valence-electron chi connectivity index (χ3n) is 0. The van der Waals surface area contributed by atoms with E-state index in [2.05, 4.69) is 0 Å². The van der Waals surface area contributed by atoms with Gasteiger partial charge in [0.1, 0.15) is 0 Å². The van der Waals surface area contributed by atoms with E-state index in [1.807, 2.05) is 0 Å². The van der Waals surface area contributed by atoms with E-state index in [1.54, 1.807) is 0 Å². The Morgan fingerprint density at radius 3 is 0.591 bits per heavy atom. The van der Waals surface area contributed by atoms with E-state index in [4.69, 9.17) is 49.5 Å². The summed E-state index contributed by atoms with van der Waals surface area (Å²) in [5.41, 5.74) is 0. The van der Waals surface area contributed by atoms with Crippen molar-refractivity contribution in [3.63, 3.8) is 0 Å². The Kier molecular flexibility index (Phi) is 72.6. The van der Waals surface area contributed by atoms with Gasteiger partial charge in [0.25, 0.3) is 11.9 Å². The maximum atomic E-state index is 9.00. The van der Waals surface area contributed by atoms with Gasteiger partial charge in [0.2, 0.25) is 0 Å². The van der Waals surface area contributed by atoms with Crippen molar-refractivity contribution >= 4 is 67.6 Å². The van der Waals surface area contributed by atoms with Crippen LogP contribution in [-0.2, 0) is 24.0 Å². The maximum Gasteiger partial charge on any atom is 2.00 e. The van der Waals surface area contributed by atoms with E-state index in [0.29, 0.717) is 0 Å². The molecule has 120 valence electrons. The van der Waals surface area contributed by atoms with E-state index in [1.165, 1.54) is 0 Å². The van der Waals surface area contributed by atoms with Crippen LogP contribution in [0.4, 0.5) is 0 Å². The summed E-state index contributed by atoms with van der Waals surface area (Å²) in [6, 6.07) is 0. The van der Waals surface area contributed by atoms with Gasteiger partial charge < -0.3 is 39.9 Å². The molecule has 0 aromatic carbocycles. The van der Waals surface area contributed by atoms with E-state index in [9.17, 15) is 0 Å². The Morgan fingerprint density at radius 2 is 0.591 bits per heavy atom. The van der Waals surface area contributed by atoms with Crippen molar-refractivity contribution in [2.24, 2.45) is 0 Å². The molecule has 10 nitrogen and oxygen atoms in total. The number of carbonyl (C=O) groups is 5. The molecule has 0 bridgehead atoms. The largest absolute Gasteiger partial charge is 2.00 e. The molecule has 22 heavy (non-hydrogen) atoms. The number of aliphatic carboxylic acids is 5. The SMILES string of the molecule is CC(=O)O.CC(=O)O.CC(=O)[O-].CC(=O)[O-].CC(=O)[O-].[Ca+2].[Na+]. The number of carboxylic acids is 5. The van der Waals surface area contributed by atoms with Gasteiger partial charge in [0.15, 0.2) is 0 Å². The van der Waals surface area contributed by atoms with Crippen molar-refractivity contribution in [3.8, 4) is 0 Å². The quantitative estimate of drug-likeness (QED) is 0.392. The van der Waals surface area contributed by atoms with E-state index in [-0.39, 0.29) is 67.3 Å². The minimum atomic E-state index is -1.08. The number of carboxylic acid groups (broad SMARTS) is 5. The van der Waals surface area contributed by atoms with E-state index in [0.717, 1.165) is 34.6 Å². The van der Waals surface area contributed by atoms with E-state index >= 15 is 0 Å². The minimum absolute atomic E-state index is 0. The Hall–Kier alpha value is -0.390. The summed E-state index contributed by atoms with van der Waals surface area (Å²) in [5.74, 6) is -4.92. The van der Waals surface area contributed by atoms with Crippen LogP contribution in [0.2, 0.25) is 0 Å². The molecular weight excluding hydrogens is 343 g/mol. The first-order chi connectivity index (χ1) is 8.66. The summed E-state index contributed by atoms with van der Waals surface area (Å²) in [4.78, 5) is 44.7. The first kappa shape index (κ1) is 43.0. The standard InChI is InChI=1S/5C2H4O2.Ca.Na/c5*1-2(3)4;;/h5*1H3,(H,3,4);;/q;;;;;+2;+1/p-3. The zero-order valence-corrected chi connectivity index (χ0v) is 17.6. The smallest absolute Gasteiger partial charge is 0.550 e. The number of carbonyl (C=O) groups excluding carboxylic acids is 3. The Balaban J connectivity index is -0.0000000250. The molecule has 0 spiro atoms. The van der Waals surface area contributed by atoms with Crippen LogP contribution in [0, 0.1) is 0 Å². The average Bonchev–Trinajstić information content (AvgIpc) is 1.94. The summed E-state index contributed by atoms with van der Waals surface area (Å²) in [7, 11) is 0. The normalized spacial score (nSPS) is 5.68. The van der Waals surface area contributed by atoms with Gasteiger partial charge in [-0.2, -0.15) is 0 Å². The van der Waals surface area contributed by atoms with Crippen LogP contribution in [0.3, 0.4) is 0 Å². The summed E-state index contributed by atoms with van der Waals surface area (Å²) >= 11 is 0. The van der Waals surface area contributed by atoms with Crippen LogP contribution in [-0.4, -0.2) is 77.8 Å². The van der Waals surface area contributed by atoms with Gasteiger partial charge in [-0.05, 0) is 20.8 Å². The van der Waals surface area contributed by atoms with Gasteiger partial charge in [-0.15, -0.1) is 0 Å². The van der Waals surface area contributed by atoms with E-state index < -0.39 is 29.8 Å². The molecular formula is C10H17CaNaO10. The fraction of sp³-hybridized carbons (Fsp3) is 0.500. The molecule has 0 rings (SSSR count). The zero-order chi connectivity index (χ0) is 17.9. The molecule has 0 aliphatic heterocycles. The average molecular weight is 360 g/mol. The second-order valence-electron chi connectivity index (χ2n) is 2.51. The molecule has 0 aliphatic rings. The fourth-order valence-corrected chi connectivity index (χ4v) is 0. The van der Waals surface area contributed by atoms with Crippen LogP contribution < -0.4 is 44.9 Å². The number of hydrogen-bond donors (Lipinski definition) is 2.